The van der Waals surface area contributed by atoms with Gasteiger partial charge in [0.05, 0.1) is 18.0 Å². The predicted octanol–water partition coefficient (Wildman–Crippen LogP) is 3.68. The summed E-state index contributed by atoms with van der Waals surface area (Å²) < 4.78 is 0. The second-order valence-corrected chi connectivity index (χ2v) is 6.08. The summed E-state index contributed by atoms with van der Waals surface area (Å²) in [5, 5.41) is 21.0. The monoisotopic (exact) mass is 321 g/mol. The Kier molecular flexibility index (Phi) is 5.41. The minimum absolute atomic E-state index is 0.193. The second-order valence-electron chi connectivity index (χ2n) is 6.08. The van der Waals surface area contributed by atoms with E-state index in [4.69, 9.17) is 0 Å². The van der Waals surface area contributed by atoms with E-state index in [1.165, 1.54) is 0 Å². The first-order chi connectivity index (χ1) is 11.7. The van der Waals surface area contributed by atoms with Crippen LogP contribution in [-0.2, 0) is 6.54 Å². The van der Waals surface area contributed by atoms with Crippen molar-refractivity contribution in [3.8, 4) is 11.3 Å². The van der Waals surface area contributed by atoms with Gasteiger partial charge in [-0.15, -0.1) is 0 Å². The topological polar surface area (TPSA) is 60.9 Å². The highest BCUT2D eigenvalue weighted by Crippen LogP contribution is 2.21. The summed E-state index contributed by atoms with van der Waals surface area (Å²) in [6.45, 7) is 2.80. The van der Waals surface area contributed by atoms with Gasteiger partial charge in [-0.2, -0.15) is 5.10 Å². The van der Waals surface area contributed by atoms with E-state index < -0.39 is 6.10 Å². The van der Waals surface area contributed by atoms with Gasteiger partial charge in [0, 0.05) is 18.2 Å². The standard InChI is InChI=1S/C20H23N3O/c1-15(12-19(24)16-8-4-2-5-9-16)21-13-18-14-22-23-20(18)17-10-6-3-7-11-17/h2-11,14-15,19,21,24H,12-13H2,1H3,(H,22,23). The molecule has 1 aromatic heterocycles. The van der Waals surface area contributed by atoms with E-state index in [-0.39, 0.29) is 6.04 Å². The van der Waals surface area contributed by atoms with Crippen LogP contribution in [0.25, 0.3) is 11.3 Å². The smallest absolute Gasteiger partial charge is 0.0804 e. The van der Waals surface area contributed by atoms with Crippen molar-refractivity contribution in [2.45, 2.75) is 32.0 Å². The van der Waals surface area contributed by atoms with Crippen molar-refractivity contribution in [3.63, 3.8) is 0 Å². The maximum Gasteiger partial charge on any atom is 0.0804 e. The molecule has 0 saturated heterocycles. The van der Waals surface area contributed by atoms with Crippen molar-refractivity contribution in [2.24, 2.45) is 0 Å². The fourth-order valence-electron chi connectivity index (χ4n) is 2.81. The Hall–Kier alpha value is -2.43. The van der Waals surface area contributed by atoms with Gasteiger partial charge in [0.1, 0.15) is 0 Å². The molecule has 3 aromatic rings. The number of nitrogens with zero attached hydrogens (tertiary/aromatic N) is 1. The molecule has 2 aromatic carbocycles. The molecule has 0 radical (unpaired) electrons. The van der Waals surface area contributed by atoms with Crippen LogP contribution in [0, 0.1) is 0 Å². The minimum Gasteiger partial charge on any atom is -0.388 e. The maximum absolute atomic E-state index is 10.3. The highest BCUT2D eigenvalue weighted by atomic mass is 16.3. The average Bonchev–Trinajstić information content (AvgIpc) is 3.10. The van der Waals surface area contributed by atoms with E-state index in [1.807, 2.05) is 54.7 Å². The van der Waals surface area contributed by atoms with Crippen LogP contribution >= 0.6 is 0 Å². The molecule has 0 fully saturated rings. The Balaban J connectivity index is 1.58. The van der Waals surface area contributed by atoms with Gasteiger partial charge in [0.25, 0.3) is 0 Å². The Morgan fingerprint density at radius 2 is 1.71 bits per heavy atom. The summed E-state index contributed by atoms with van der Waals surface area (Å²) in [5.74, 6) is 0. The average molecular weight is 321 g/mol. The first-order valence-corrected chi connectivity index (χ1v) is 8.28. The largest absolute Gasteiger partial charge is 0.388 e. The molecule has 0 saturated carbocycles. The molecule has 0 spiro atoms. The van der Waals surface area contributed by atoms with Crippen LogP contribution in [0.2, 0.25) is 0 Å². The zero-order valence-corrected chi connectivity index (χ0v) is 13.8. The molecule has 2 unspecified atom stereocenters. The highest BCUT2D eigenvalue weighted by Gasteiger charge is 2.13. The van der Waals surface area contributed by atoms with Gasteiger partial charge in [-0.1, -0.05) is 60.7 Å². The van der Waals surface area contributed by atoms with Crippen molar-refractivity contribution in [2.75, 3.05) is 0 Å². The molecule has 0 aliphatic rings. The zero-order chi connectivity index (χ0) is 16.8. The SMILES string of the molecule is CC(CC(O)c1ccccc1)NCc1cn[nH]c1-c1ccccc1. The molecule has 0 bridgehead atoms. The van der Waals surface area contributed by atoms with Crippen molar-refractivity contribution in [1.82, 2.24) is 15.5 Å². The van der Waals surface area contributed by atoms with Gasteiger partial charge in [0.15, 0.2) is 0 Å². The summed E-state index contributed by atoms with van der Waals surface area (Å²) in [6.07, 6.45) is 2.07. The van der Waals surface area contributed by atoms with E-state index in [2.05, 4.69) is 34.6 Å². The third-order valence-electron chi connectivity index (χ3n) is 4.18. The van der Waals surface area contributed by atoms with Gasteiger partial charge in [-0.3, -0.25) is 5.10 Å². The van der Waals surface area contributed by atoms with E-state index in [0.717, 1.165) is 22.4 Å². The van der Waals surface area contributed by atoms with Crippen molar-refractivity contribution >= 4 is 0 Å². The molecule has 24 heavy (non-hydrogen) atoms. The molecular formula is C20H23N3O. The lowest BCUT2D eigenvalue weighted by Gasteiger charge is -2.18. The van der Waals surface area contributed by atoms with E-state index in [0.29, 0.717) is 13.0 Å². The fourth-order valence-corrected chi connectivity index (χ4v) is 2.81. The number of aliphatic hydroxyl groups excluding tert-OH is 1. The summed E-state index contributed by atoms with van der Waals surface area (Å²) in [5.41, 5.74) is 4.25. The number of aromatic amines is 1. The number of hydrogen-bond donors (Lipinski definition) is 3. The molecule has 2 atom stereocenters. The van der Waals surface area contributed by atoms with E-state index in [1.54, 1.807) is 0 Å². The van der Waals surface area contributed by atoms with Crippen LogP contribution in [0.15, 0.2) is 66.9 Å². The number of H-pyrrole nitrogens is 1. The molecule has 4 heteroatoms. The molecule has 3 N–H and O–H groups in total. The quantitative estimate of drug-likeness (QED) is 0.622. The van der Waals surface area contributed by atoms with E-state index in [9.17, 15) is 5.11 Å². The number of aromatic nitrogens is 2. The van der Waals surface area contributed by atoms with Crippen LogP contribution in [-0.4, -0.2) is 21.3 Å². The van der Waals surface area contributed by atoms with Crippen molar-refractivity contribution in [1.29, 1.82) is 0 Å². The minimum atomic E-state index is -0.452. The lowest BCUT2D eigenvalue weighted by atomic mass is 10.0. The Morgan fingerprint density at radius 3 is 2.42 bits per heavy atom. The van der Waals surface area contributed by atoms with Crippen LogP contribution in [0.1, 0.15) is 30.6 Å². The summed E-state index contributed by atoms with van der Waals surface area (Å²) >= 11 is 0. The normalized spacial score (nSPS) is 13.6. The number of benzene rings is 2. The third-order valence-corrected chi connectivity index (χ3v) is 4.18. The summed E-state index contributed by atoms with van der Waals surface area (Å²) in [4.78, 5) is 0. The molecule has 3 rings (SSSR count). The van der Waals surface area contributed by atoms with Gasteiger partial charge >= 0.3 is 0 Å². The molecule has 0 amide bonds. The zero-order valence-electron chi connectivity index (χ0n) is 13.8. The van der Waals surface area contributed by atoms with Crippen LogP contribution in [0.4, 0.5) is 0 Å². The maximum atomic E-state index is 10.3. The first kappa shape index (κ1) is 16.4. The fraction of sp³-hybridized carbons (Fsp3) is 0.250. The lowest BCUT2D eigenvalue weighted by Crippen LogP contribution is -2.27. The Labute approximate surface area is 142 Å². The first-order valence-electron chi connectivity index (χ1n) is 8.28. The number of nitrogens with one attached hydrogen (secondary N) is 2. The van der Waals surface area contributed by atoms with Gasteiger partial charge in [-0.05, 0) is 24.5 Å². The van der Waals surface area contributed by atoms with E-state index >= 15 is 0 Å². The van der Waals surface area contributed by atoms with Gasteiger partial charge in [-0.25, -0.2) is 0 Å². The summed E-state index contributed by atoms with van der Waals surface area (Å²) in [7, 11) is 0. The third kappa shape index (κ3) is 4.10. The van der Waals surface area contributed by atoms with Crippen LogP contribution in [0.5, 0.6) is 0 Å². The number of hydrogen-bond acceptors (Lipinski definition) is 3. The van der Waals surface area contributed by atoms with Crippen molar-refractivity contribution < 1.29 is 5.11 Å². The molecule has 1 heterocycles. The molecular weight excluding hydrogens is 298 g/mol. The number of rotatable bonds is 7. The van der Waals surface area contributed by atoms with Crippen LogP contribution < -0.4 is 5.32 Å². The molecule has 4 nitrogen and oxygen atoms in total. The predicted molar refractivity (Wildman–Crippen MR) is 96.3 cm³/mol. The molecule has 0 aliphatic heterocycles. The lowest BCUT2D eigenvalue weighted by molar-refractivity contribution is 0.154. The molecule has 0 aliphatic carbocycles. The molecule has 124 valence electrons. The Morgan fingerprint density at radius 1 is 1.04 bits per heavy atom. The van der Waals surface area contributed by atoms with Crippen molar-refractivity contribution in [3.05, 3.63) is 78.0 Å². The van der Waals surface area contributed by atoms with Gasteiger partial charge in [0.2, 0.25) is 0 Å². The number of aliphatic hydroxyl groups is 1. The summed E-state index contributed by atoms with van der Waals surface area (Å²) in [6, 6.07) is 20.2. The second kappa shape index (κ2) is 7.90. The van der Waals surface area contributed by atoms with Gasteiger partial charge < -0.3 is 10.4 Å². The highest BCUT2D eigenvalue weighted by molar-refractivity contribution is 5.62. The Bertz CT molecular complexity index is 740. The van der Waals surface area contributed by atoms with Crippen LogP contribution in [0.3, 0.4) is 0 Å².